The second-order valence-corrected chi connectivity index (χ2v) is 5.63. The number of nitrogens with zero attached hydrogens (tertiary/aromatic N) is 4. The Morgan fingerprint density at radius 1 is 1.12 bits per heavy atom. The zero-order valence-electron chi connectivity index (χ0n) is 14.5. The van der Waals surface area contributed by atoms with Crippen molar-refractivity contribution < 1.29 is 23.7 Å². The summed E-state index contributed by atoms with van der Waals surface area (Å²) < 4.78 is 29.9. The lowest BCUT2D eigenvalue weighted by atomic mass is 10.1. The average Bonchev–Trinajstić information content (AvgIpc) is 3.18. The van der Waals surface area contributed by atoms with E-state index < -0.39 is 6.23 Å². The molecule has 0 aliphatic carbocycles. The lowest BCUT2D eigenvalue weighted by molar-refractivity contribution is -0.0820. The third-order valence-electron chi connectivity index (χ3n) is 4.15. The summed E-state index contributed by atoms with van der Waals surface area (Å²) in [4.78, 5) is 12.5. The molecule has 2 aromatic heterocycles. The first-order chi connectivity index (χ1) is 12.2. The largest absolute Gasteiger partial charge is 0.382 e. The lowest BCUT2D eigenvalue weighted by Crippen LogP contribution is -2.38. The quantitative estimate of drug-likeness (QED) is 0.654. The number of anilines is 1. The molecule has 3 rings (SSSR count). The van der Waals surface area contributed by atoms with Gasteiger partial charge in [-0.25, -0.2) is 15.0 Å². The van der Waals surface area contributed by atoms with E-state index in [0.29, 0.717) is 36.8 Å². The molecule has 2 N–H and O–H groups in total. The van der Waals surface area contributed by atoms with Crippen molar-refractivity contribution in [3.63, 3.8) is 0 Å². The third kappa shape index (κ3) is 3.44. The van der Waals surface area contributed by atoms with Crippen LogP contribution in [-0.4, -0.2) is 79.0 Å². The molecule has 0 aromatic carbocycles. The van der Waals surface area contributed by atoms with Crippen LogP contribution in [0.2, 0.25) is 0 Å². The zero-order valence-corrected chi connectivity index (χ0v) is 14.5. The van der Waals surface area contributed by atoms with Crippen molar-refractivity contribution in [1.29, 1.82) is 0 Å². The van der Waals surface area contributed by atoms with Gasteiger partial charge >= 0.3 is 0 Å². The van der Waals surface area contributed by atoms with Gasteiger partial charge in [0.1, 0.15) is 30.2 Å². The summed E-state index contributed by atoms with van der Waals surface area (Å²) in [5.41, 5.74) is 6.96. The number of imidazole rings is 1. The van der Waals surface area contributed by atoms with Gasteiger partial charge < -0.3 is 29.4 Å². The molecule has 10 nitrogen and oxygen atoms in total. The molecule has 25 heavy (non-hydrogen) atoms. The minimum absolute atomic E-state index is 0.288. The summed E-state index contributed by atoms with van der Waals surface area (Å²) >= 11 is 0. The van der Waals surface area contributed by atoms with E-state index in [1.165, 1.54) is 6.33 Å². The number of methoxy groups -OCH3 is 3. The topological polar surface area (TPSA) is 116 Å². The summed E-state index contributed by atoms with van der Waals surface area (Å²) in [6.07, 6.45) is 1.55. The van der Waals surface area contributed by atoms with E-state index in [1.807, 2.05) is 0 Å². The van der Waals surface area contributed by atoms with Crippen molar-refractivity contribution in [2.75, 3.05) is 46.9 Å². The maximum absolute atomic E-state index is 6.15. The number of nitrogens with two attached hydrogens (primary N) is 1. The van der Waals surface area contributed by atoms with Crippen molar-refractivity contribution in [3.8, 4) is 0 Å². The van der Waals surface area contributed by atoms with Crippen molar-refractivity contribution in [2.45, 2.75) is 24.5 Å². The number of aromatic nitrogens is 4. The normalized spacial score (nSPS) is 26.5. The number of rotatable bonds is 8. The van der Waals surface area contributed by atoms with E-state index in [0.717, 1.165) is 0 Å². The van der Waals surface area contributed by atoms with Crippen LogP contribution in [-0.2, 0) is 23.7 Å². The number of hydrogen-bond acceptors (Lipinski definition) is 9. The molecule has 0 saturated carbocycles. The maximum Gasteiger partial charge on any atom is 0.167 e. The Bertz CT molecular complexity index is 696. The van der Waals surface area contributed by atoms with Crippen LogP contribution in [0, 0.1) is 0 Å². The molecule has 1 saturated heterocycles. The minimum atomic E-state index is -0.485. The number of fused-ring (bicyclic) bond motifs is 1. The van der Waals surface area contributed by atoms with Gasteiger partial charge in [-0.3, -0.25) is 4.57 Å². The fourth-order valence-corrected chi connectivity index (χ4v) is 3.02. The SMILES string of the molecule is COCCO[C@H]1C(OC)[C@@H](COC)O[C@H]1n1cnc2c(N)ncnc21. The van der Waals surface area contributed by atoms with Gasteiger partial charge in [-0.15, -0.1) is 0 Å². The molecule has 138 valence electrons. The van der Waals surface area contributed by atoms with Gasteiger partial charge in [-0.2, -0.15) is 0 Å². The summed E-state index contributed by atoms with van der Waals surface area (Å²) in [5, 5.41) is 0. The Labute approximate surface area is 145 Å². The van der Waals surface area contributed by atoms with E-state index in [9.17, 15) is 0 Å². The van der Waals surface area contributed by atoms with Gasteiger partial charge in [-0.05, 0) is 0 Å². The first-order valence-electron chi connectivity index (χ1n) is 7.92. The van der Waals surface area contributed by atoms with Crippen LogP contribution >= 0.6 is 0 Å². The van der Waals surface area contributed by atoms with Crippen LogP contribution in [0.3, 0.4) is 0 Å². The van der Waals surface area contributed by atoms with Gasteiger partial charge in [0.05, 0.1) is 26.1 Å². The Morgan fingerprint density at radius 2 is 1.96 bits per heavy atom. The standard InChI is InChI=1S/C15H23N5O5/c1-21-4-5-24-12-11(23-3)9(6-22-2)25-15(12)20-8-19-10-13(16)17-7-18-14(10)20/h7-9,11-12,15H,4-6H2,1-3H3,(H2,16,17,18)/t9-,11?,12+,15-/m1/s1. The highest BCUT2D eigenvalue weighted by atomic mass is 16.6. The predicted molar refractivity (Wildman–Crippen MR) is 87.9 cm³/mol. The van der Waals surface area contributed by atoms with E-state index >= 15 is 0 Å². The Kier molecular flexibility index (Phi) is 5.76. The van der Waals surface area contributed by atoms with Crippen LogP contribution in [0.15, 0.2) is 12.7 Å². The smallest absolute Gasteiger partial charge is 0.167 e. The van der Waals surface area contributed by atoms with E-state index in [4.69, 9.17) is 29.4 Å². The van der Waals surface area contributed by atoms with Gasteiger partial charge in [0.25, 0.3) is 0 Å². The van der Waals surface area contributed by atoms with Gasteiger partial charge in [0.2, 0.25) is 0 Å². The molecule has 10 heteroatoms. The van der Waals surface area contributed by atoms with Crippen LogP contribution in [0.25, 0.3) is 11.2 Å². The molecule has 0 amide bonds. The number of ether oxygens (including phenoxy) is 5. The second kappa shape index (κ2) is 8.02. The summed E-state index contributed by atoms with van der Waals surface area (Å²) in [5.74, 6) is 0.315. The average molecular weight is 353 g/mol. The van der Waals surface area contributed by atoms with Crippen molar-refractivity contribution >= 4 is 17.0 Å². The van der Waals surface area contributed by atoms with Crippen molar-refractivity contribution in [3.05, 3.63) is 12.7 Å². The highest BCUT2D eigenvalue weighted by Gasteiger charge is 2.47. The molecule has 1 unspecified atom stereocenters. The molecule has 0 bridgehead atoms. The summed E-state index contributed by atoms with van der Waals surface area (Å²) in [6, 6.07) is 0. The zero-order chi connectivity index (χ0) is 17.8. The molecule has 1 aliphatic rings. The highest BCUT2D eigenvalue weighted by molar-refractivity contribution is 5.81. The van der Waals surface area contributed by atoms with Crippen molar-refractivity contribution in [1.82, 2.24) is 19.5 Å². The predicted octanol–water partition coefficient (Wildman–Crippen LogP) is -0.00110. The van der Waals surface area contributed by atoms with E-state index in [-0.39, 0.29) is 18.3 Å². The van der Waals surface area contributed by atoms with Gasteiger partial charge in [0, 0.05) is 21.3 Å². The Morgan fingerprint density at radius 3 is 2.68 bits per heavy atom. The van der Waals surface area contributed by atoms with E-state index in [1.54, 1.807) is 32.2 Å². The van der Waals surface area contributed by atoms with Crippen LogP contribution in [0.4, 0.5) is 5.82 Å². The molecule has 0 spiro atoms. The summed E-state index contributed by atoms with van der Waals surface area (Å²) in [7, 11) is 4.86. The Hall–Kier alpha value is -1.85. The molecule has 3 heterocycles. The van der Waals surface area contributed by atoms with Crippen LogP contribution < -0.4 is 5.73 Å². The van der Waals surface area contributed by atoms with Crippen LogP contribution in [0.1, 0.15) is 6.23 Å². The second-order valence-electron chi connectivity index (χ2n) is 5.63. The summed E-state index contributed by atoms with van der Waals surface area (Å²) in [6.45, 7) is 1.25. The number of hydrogen-bond donors (Lipinski definition) is 1. The first-order valence-corrected chi connectivity index (χ1v) is 7.92. The fraction of sp³-hybridized carbons (Fsp3) is 0.667. The molecule has 1 fully saturated rings. The Balaban J connectivity index is 1.93. The molecule has 0 radical (unpaired) electrons. The maximum atomic E-state index is 6.15. The molecule has 2 aromatic rings. The first kappa shape index (κ1) is 18.0. The molecule has 1 aliphatic heterocycles. The molecular formula is C15H23N5O5. The third-order valence-corrected chi connectivity index (χ3v) is 4.15. The number of nitrogen functional groups attached to an aromatic ring is 1. The minimum Gasteiger partial charge on any atom is -0.382 e. The van der Waals surface area contributed by atoms with Gasteiger partial charge in [-0.1, -0.05) is 0 Å². The fourth-order valence-electron chi connectivity index (χ4n) is 3.02. The van der Waals surface area contributed by atoms with E-state index in [2.05, 4.69) is 15.0 Å². The lowest BCUT2D eigenvalue weighted by Gasteiger charge is -2.23. The van der Waals surface area contributed by atoms with Gasteiger partial charge in [0.15, 0.2) is 17.7 Å². The monoisotopic (exact) mass is 353 g/mol. The highest BCUT2D eigenvalue weighted by Crippen LogP contribution is 2.35. The molecular weight excluding hydrogens is 330 g/mol. The van der Waals surface area contributed by atoms with Crippen LogP contribution in [0.5, 0.6) is 0 Å². The van der Waals surface area contributed by atoms with Crippen molar-refractivity contribution in [2.24, 2.45) is 0 Å². The molecule has 4 atom stereocenters.